The van der Waals surface area contributed by atoms with Crippen LogP contribution in [0.25, 0.3) is 0 Å². The van der Waals surface area contributed by atoms with Crippen LogP contribution in [0.5, 0.6) is 0 Å². The molecule has 2 aliphatic carbocycles. The Morgan fingerprint density at radius 3 is 2.39 bits per heavy atom. The van der Waals surface area contributed by atoms with Gasteiger partial charge in [-0.25, -0.2) is 9.59 Å². The maximum Gasteiger partial charge on any atom is 0.408 e. The summed E-state index contributed by atoms with van der Waals surface area (Å²) in [6.45, 7) is 0.147. The molecule has 1 amide bonds. The zero-order valence-electron chi connectivity index (χ0n) is 13.1. The van der Waals surface area contributed by atoms with Gasteiger partial charge in [-0.2, -0.15) is 0 Å². The highest BCUT2D eigenvalue weighted by Crippen LogP contribution is 2.49. The van der Waals surface area contributed by atoms with Crippen LogP contribution in [0.15, 0.2) is 30.3 Å². The van der Waals surface area contributed by atoms with Crippen molar-refractivity contribution in [1.82, 2.24) is 5.32 Å². The minimum Gasteiger partial charge on any atom is -0.480 e. The second-order valence-electron chi connectivity index (χ2n) is 6.69. The standard InChI is InChI=1S/C18H23NO4/c20-17(21)16(13-6-8-14-10-15(14)9-7-13)19-18(22)23-11-12-4-2-1-3-5-12/h1-5,13-16H,6-11H2,(H,19,22)(H,20,21). The van der Waals surface area contributed by atoms with E-state index >= 15 is 0 Å². The van der Waals surface area contributed by atoms with Crippen molar-refractivity contribution in [3.8, 4) is 0 Å². The maximum absolute atomic E-state index is 11.9. The molecule has 124 valence electrons. The van der Waals surface area contributed by atoms with Gasteiger partial charge in [-0.05, 0) is 55.4 Å². The number of benzene rings is 1. The van der Waals surface area contributed by atoms with E-state index in [9.17, 15) is 14.7 Å². The molecule has 0 aromatic heterocycles. The number of amides is 1. The third-order valence-electron chi connectivity index (χ3n) is 5.11. The smallest absolute Gasteiger partial charge is 0.408 e. The van der Waals surface area contributed by atoms with Gasteiger partial charge in [0.2, 0.25) is 0 Å². The maximum atomic E-state index is 11.9. The Labute approximate surface area is 136 Å². The first kappa shape index (κ1) is 15.8. The molecule has 0 saturated heterocycles. The van der Waals surface area contributed by atoms with E-state index in [1.54, 1.807) is 0 Å². The van der Waals surface area contributed by atoms with Crippen molar-refractivity contribution < 1.29 is 19.4 Å². The van der Waals surface area contributed by atoms with Gasteiger partial charge in [0.05, 0.1) is 0 Å². The molecule has 0 radical (unpaired) electrons. The fraction of sp³-hybridized carbons (Fsp3) is 0.556. The van der Waals surface area contributed by atoms with E-state index in [-0.39, 0.29) is 12.5 Å². The fourth-order valence-electron chi connectivity index (χ4n) is 3.62. The Bertz CT molecular complexity index is 547. The summed E-state index contributed by atoms with van der Waals surface area (Å²) in [4.78, 5) is 23.5. The summed E-state index contributed by atoms with van der Waals surface area (Å²) < 4.78 is 5.15. The molecule has 0 heterocycles. The number of alkyl carbamates (subject to hydrolysis) is 1. The monoisotopic (exact) mass is 317 g/mol. The summed E-state index contributed by atoms with van der Waals surface area (Å²) in [7, 11) is 0. The molecule has 0 aliphatic heterocycles. The average Bonchev–Trinajstić information content (AvgIpc) is 3.31. The quantitative estimate of drug-likeness (QED) is 0.874. The molecule has 2 fully saturated rings. The lowest BCUT2D eigenvalue weighted by Gasteiger charge is -2.23. The van der Waals surface area contributed by atoms with E-state index in [0.717, 1.165) is 43.1 Å². The minimum absolute atomic E-state index is 0.00424. The summed E-state index contributed by atoms with van der Waals surface area (Å²) in [6, 6.07) is 8.50. The number of hydrogen-bond donors (Lipinski definition) is 2. The number of carboxylic acid groups (broad SMARTS) is 1. The van der Waals surface area contributed by atoms with Crippen molar-refractivity contribution in [2.24, 2.45) is 17.8 Å². The second kappa shape index (κ2) is 7.02. The van der Waals surface area contributed by atoms with Gasteiger partial charge < -0.3 is 15.2 Å². The molecule has 0 bridgehead atoms. The predicted octanol–water partition coefficient (Wildman–Crippen LogP) is 3.19. The number of carboxylic acids is 1. The molecule has 0 spiro atoms. The van der Waals surface area contributed by atoms with Crippen molar-refractivity contribution in [2.45, 2.75) is 44.8 Å². The average molecular weight is 317 g/mol. The van der Waals surface area contributed by atoms with Crippen LogP contribution in [0.1, 0.15) is 37.7 Å². The number of fused-ring (bicyclic) bond motifs is 1. The lowest BCUT2D eigenvalue weighted by Crippen LogP contribution is -2.46. The first-order valence-electron chi connectivity index (χ1n) is 8.33. The van der Waals surface area contributed by atoms with E-state index < -0.39 is 18.1 Å². The molecule has 2 aliphatic rings. The zero-order valence-corrected chi connectivity index (χ0v) is 13.1. The molecular formula is C18H23NO4. The summed E-state index contributed by atoms with van der Waals surface area (Å²) in [5, 5.41) is 12.0. The van der Waals surface area contributed by atoms with Gasteiger partial charge in [-0.15, -0.1) is 0 Å². The van der Waals surface area contributed by atoms with Gasteiger partial charge in [0.25, 0.3) is 0 Å². The number of carbonyl (C=O) groups excluding carboxylic acids is 1. The first-order chi connectivity index (χ1) is 11.1. The number of nitrogens with one attached hydrogen (secondary N) is 1. The van der Waals surface area contributed by atoms with Crippen LogP contribution < -0.4 is 5.32 Å². The molecular weight excluding hydrogens is 294 g/mol. The van der Waals surface area contributed by atoms with Gasteiger partial charge in [-0.1, -0.05) is 30.3 Å². The van der Waals surface area contributed by atoms with Crippen LogP contribution in [-0.2, 0) is 16.1 Å². The largest absolute Gasteiger partial charge is 0.480 e. The molecule has 3 unspecified atom stereocenters. The summed E-state index contributed by atoms with van der Waals surface area (Å²) in [5.41, 5.74) is 0.879. The number of hydrogen-bond acceptors (Lipinski definition) is 3. The van der Waals surface area contributed by atoms with E-state index in [4.69, 9.17) is 4.74 Å². The second-order valence-corrected chi connectivity index (χ2v) is 6.69. The van der Waals surface area contributed by atoms with Crippen molar-refractivity contribution in [3.63, 3.8) is 0 Å². The predicted molar refractivity (Wildman–Crippen MR) is 84.7 cm³/mol. The van der Waals surface area contributed by atoms with Crippen LogP contribution in [0, 0.1) is 17.8 Å². The minimum atomic E-state index is -0.970. The Hall–Kier alpha value is -2.04. The van der Waals surface area contributed by atoms with E-state index in [1.165, 1.54) is 6.42 Å². The zero-order chi connectivity index (χ0) is 16.2. The lowest BCUT2D eigenvalue weighted by atomic mass is 9.90. The van der Waals surface area contributed by atoms with E-state index in [0.29, 0.717) is 0 Å². The number of aliphatic carboxylic acids is 1. The Morgan fingerprint density at radius 1 is 1.13 bits per heavy atom. The molecule has 23 heavy (non-hydrogen) atoms. The van der Waals surface area contributed by atoms with Gasteiger partial charge in [0, 0.05) is 0 Å². The molecule has 1 aromatic rings. The van der Waals surface area contributed by atoms with Crippen LogP contribution in [0.4, 0.5) is 4.79 Å². The fourth-order valence-corrected chi connectivity index (χ4v) is 3.62. The number of ether oxygens (including phenoxy) is 1. The third kappa shape index (κ3) is 4.24. The van der Waals surface area contributed by atoms with Gasteiger partial charge >= 0.3 is 12.1 Å². The highest BCUT2D eigenvalue weighted by atomic mass is 16.5. The number of rotatable bonds is 5. The first-order valence-corrected chi connectivity index (χ1v) is 8.33. The van der Waals surface area contributed by atoms with E-state index in [2.05, 4.69) is 5.32 Å². The van der Waals surface area contributed by atoms with Gasteiger partial charge in [0.15, 0.2) is 0 Å². The van der Waals surface area contributed by atoms with Crippen LogP contribution >= 0.6 is 0 Å². The van der Waals surface area contributed by atoms with Crippen molar-refractivity contribution in [2.75, 3.05) is 0 Å². The van der Waals surface area contributed by atoms with E-state index in [1.807, 2.05) is 30.3 Å². The van der Waals surface area contributed by atoms with Gasteiger partial charge in [0.1, 0.15) is 12.6 Å². The highest BCUT2D eigenvalue weighted by Gasteiger charge is 2.42. The molecule has 2 N–H and O–H groups in total. The molecule has 1 aromatic carbocycles. The topological polar surface area (TPSA) is 75.6 Å². The Morgan fingerprint density at radius 2 is 1.78 bits per heavy atom. The van der Waals surface area contributed by atoms with Crippen molar-refractivity contribution in [1.29, 1.82) is 0 Å². The number of carbonyl (C=O) groups is 2. The highest BCUT2D eigenvalue weighted by molar-refractivity contribution is 5.80. The molecule has 5 heteroatoms. The molecule has 5 nitrogen and oxygen atoms in total. The Balaban J connectivity index is 1.52. The van der Waals surface area contributed by atoms with Crippen LogP contribution in [0.2, 0.25) is 0 Å². The normalized spacial score (nSPS) is 27.2. The summed E-state index contributed by atoms with van der Waals surface area (Å²) >= 11 is 0. The molecule has 3 rings (SSSR count). The third-order valence-corrected chi connectivity index (χ3v) is 5.11. The lowest BCUT2D eigenvalue weighted by molar-refractivity contribution is -0.141. The van der Waals surface area contributed by atoms with Crippen molar-refractivity contribution in [3.05, 3.63) is 35.9 Å². The molecule has 2 saturated carbocycles. The van der Waals surface area contributed by atoms with Crippen LogP contribution in [-0.4, -0.2) is 23.2 Å². The SMILES string of the molecule is O=C(NC(C(=O)O)C1CCC2CC2CC1)OCc1ccccc1. The summed E-state index contributed by atoms with van der Waals surface area (Å²) in [6.07, 6.45) is 4.56. The summed E-state index contributed by atoms with van der Waals surface area (Å²) in [5.74, 6) is 0.616. The van der Waals surface area contributed by atoms with Crippen LogP contribution in [0.3, 0.4) is 0 Å². The van der Waals surface area contributed by atoms with Gasteiger partial charge in [-0.3, -0.25) is 0 Å². The molecule has 3 atom stereocenters. The Kier molecular flexibility index (Phi) is 4.84. The van der Waals surface area contributed by atoms with Crippen molar-refractivity contribution >= 4 is 12.1 Å².